The maximum absolute atomic E-state index is 10.9. The highest BCUT2D eigenvalue weighted by Crippen LogP contribution is 2.39. The van der Waals surface area contributed by atoms with Gasteiger partial charge in [0, 0.05) is 103 Å². The lowest BCUT2D eigenvalue weighted by molar-refractivity contribution is -0.138. The number of aliphatic carboxylic acids is 6. The number of hydrogen-bond donors (Lipinski definition) is 12. The highest BCUT2D eigenvalue weighted by Gasteiger charge is 2.32. The van der Waals surface area contributed by atoms with Crippen molar-refractivity contribution in [3.8, 4) is 23.0 Å². The number of fused-ring (bicyclic) bond motifs is 2. The van der Waals surface area contributed by atoms with E-state index in [1.165, 1.54) is 87.3 Å². The van der Waals surface area contributed by atoms with Crippen molar-refractivity contribution in [1.82, 2.24) is 39.9 Å². The Morgan fingerprint density at radius 3 is 0.932 bits per heavy atom. The molecule has 0 saturated heterocycles. The minimum absolute atomic E-state index is 0. The zero-order valence-corrected chi connectivity index (χ0v) is 77.1. The van der Waals surface area contributed by atoms with Crippen LogP contribution >= 0.6 is 155 Å². The van der Waals surface area contributed by atoms with Gasteiger partial charge in [0.05, 0.1) is 48.3 Å². The lowest BCUT2D eigenvalue weighted by Crippen LogP contribution is -2.32. The van der Waals surface area contributed by atoms with Crippen molar-refractivity contribution < 1.29 is 88.7 Å². The molecule has 722 valence electrons. The topological polar surface area (TPSA) is 522 Å². The van der Waals surface area contributed by atoms with E-state index in [1.807, 2.05) is 12.5 Å². The molecule has 15 rings (SSSR count). The molecule has 8 aromatic heterocycles. The molecule has 0 radical (unpaired) electrons. The second kappa shape index (κ2) is 68.1. The van der Waals surface area contributed by atoms with Gasteiger partial charge in [-0.2, -0.15) is 33.5 Å². The normalized spacial score (nSPS) is 14.5. The van der Waals surface area contributed by atoms with Gasteiger partial charge in [0.2, 0.25) is 5.65 Å². The van der Waals surface area contributed by atoms with Gasteiger partial charge in [0.1, 0.15) is 35.1 Å². The summed E-state index contributed by atoms with van der Waals surface area (Å²) in [4.78, 5) is 112. The predicted molar refractivity (Wildman–Crippen MR) is 551 cm³/mol. The molecule has 0 bridgehead atoms. The Hall–Kier alpha value is -9.91. The zero-order chi connectivity index (χ0) is 88.5. The number of oxazole rings is 2. The smallest absolute Gasteiger partial charge is 0.329 e. The average Bonchev–Trinajstić information content (AvgIpc) is 1.38. The lowest BCUT2D eigenvalue weighted by Gasteiger charge is -2.31. The average molecular weight is 2080 g/mol. The van der Waals surface area contributed by atoms with Crippen molar-refractivity contribution in [1.29, 1.82) is 0 Å². The van der Waals surface area contributed by atoms with Crippen LogP contribution in [0.5, 0.6) is 23.0 Å². The maximum Gasteiger partial charge on any atom is 0.329 e. The van der Waals surface area contributed by atoms with E-state index in [1.54, 1.807) is 110 Å². The van der Waals surface area contributed by atoms with Gasteiger partial charge in [-0.3, -0.25) is 44.7 Å². The number of halogens is 7. The van der Waals surface area contributed by atoms with E-state index in [9.17, 15) is 49.2 Å². The Labute approximate surface area is 832 Å². The molecule has 0 saturated carbocycles. The molecular weight excluding hydrogens is 1970 g/mol. The highest BCUT2D eigenvalue weighted by atomic mass is 35.5. The van der Waals surface area contributed by atoms with Crippen LogP contribution in [0, 0.1) is 0 Å². The summed E-state index contributed by atoms with van der Waals surface area (Å²) in [5, 5.41) is 96.1. The molecule has 6 atom stereocenters. The van der Waals surface area contributed by atoms with E-state index < -0.39 is 72.1 Å². The molecule has 32 nitrogen and oxygen atoms in total. The van der Waals surface area contributed by atoms with Crippen LogP contribution < -0.4 is 11.1 Å². The number of benzene rings is 3. The molecule has 13 N–H and O–H groups in total. The number of aromatic nitrogens is 8. The number of nitrogens with two attached hydrogens (primary N) is 1. The molecular formula is C87H111Cl7N14O18S6. The number of carboxylic acids is 6. The molecule has 3 aromatic carbocycles. The van der Waals surface area contributed by atoms with Crippen molar-refractivity contribution >= 4 is 239 Å². The van der Waals surface area contributed by atoms with Gasteiger partial charge in [0.25, 0.3) is 11.4 Å². The number of nitrogens with zero attached hydrogens (tertiary/aromatic N) is 12. The van der Waals surface area contributed by atoms with E-state index in [4.69, 9.17) is 80.0 Å². The number of thioether (sulfide) groups is 6. The molecule has 4 aliphatic heterocycles. The number of aliphatic imine (C=N–C) groups is 4. The Balaban J connectivity index is -0.000000705. The summed E-state index contributed by atoms with van der Waals surface area (Å²) < 4.78 is 10.3. The Morgan fingerprint density at radius 2 is 0.697 bits per heavy atom. The van der Waals surface area contributed by atoms with E-state index in [0.29, 0.717) is 126 Å². The van der Waals surface area contributed by atoms with Crippen LogP contribution in [-0.4, -0.2) is 236 Å². The second-order valence-corrected chi connectivity index (χ2v) is 32.5. The Kier molecular flexibility index (Phi) is 66.3. The summed E-state index contributed by atoms with van der Waals surface area (Å²) in [6.07, 6.45) is 14.8. The van der Waals surface area contributed by atoms with Crippen LogP contribution in [0.15, 0.2) is 230 Å². The summed E-state index contributed by atoms with van der Waals surface area (Å²) in [6.45, 7) is 2.30. The van der Waals surface area contributed by atoms with Crippen molar-refractivity contribution in [2.75, 3.05) is 57.7 Å². The van der Waals surface area contributed by atoms with Crippen molar-refractivity contribution in [3.63, 3.8) is 0 Å². The van der Waals surface area contributed by atoms with Crippen LogP contribution in [0.3, 0.4) is 0 Å². The molecule has 12 heterocycles. The molecule has 0 aliphatic carbocycles. The molecule has 2 unspecified atom stereocenters. The van der Waals surface area contributed by atoms with Crippen LogP contribution in [0.1, 0.15) is 90.9 Å². The van der Waals surface area contributed by atoms with Gasteiger partial charge in [0.15, 0.2) is 41.0 Å². The maximum atomic E-state index is 10.9. The minimum Gasteiger partial charge on any atom is -0.506 e. The van der Waals surface area contributed by atoms with E-state index in [-0.39, 0.29) is 139 Å². The first-order valence-electron chi connectivity index (χ1n) is 36.2. The Bertz CT molecular complexity index is 4880. The molecule has 45 heteroatoms. The first kappa shape index (κ1) is 128. The molecule has 0 spiro atoms. The van der Waals surface area contributed by atoms with Gasteiger partial charge >= 0.3 is 35.8 Å². The number of anilines is 1. The van der Waals surface area contributed by atoms with Crippen molar-refractivity contribution in [3.05, 3.63) is 246 Å². The third kappa shape index (κ3) is 42.5. The first-order chi connectivity index (χ1) is 58.6. The van der Waals surface area contributed by atoms with E-state index in [0.717, 1.165) is 0 Å². The van der Waals surface area contributed by atoms with Gasteiger partial charge in [-0.1, -0.05) is 136 Å². The van der Waals surface area contributed by atoms with Gasteiger partial charge in [-0.25, -0.2) is 33.9 Å². The minimum atomic E-state index is -0.936. The second-order valence-electron chi connectivity index (χ2n) is 25.2. The Morgan fingerprint density at radius 1 is 0.424 bits per heavy atom. The van der Waals surface area contributed by atoms with E-state index in [2.05, 4.69) is 163 Å². The zero-order valence-electron chi connectivity index (χ0n) is 66.7. The monoisotopic (exact) mass is 2080 g/mol. The van der Waals surface area contributed by atoms with Crippen LogP contribution in [0.2, 0.25) is 5.35 Å². The molecule has 132 heavy (non-hydrogen) atoms. The van der Waals surface area contributed by atoms with Crippen LogP contribution in [0.4, 0.5) is 6.01 Å². The number of alkyl halides is 2. The number of carboxylic acid groups (broad SMARTS) is 6. The summed E-state index contributed by atoms with van der Waals surface area (Å²) in [5.41, 5.74) is 13.2. The number of rotatable bonds is 23. The highest BCUT2D eigenvalue weighted by molar-refractivity contribution is 8.15. The number of pyridine rings is 6. The van der Waals surface area contributed by atoms with Crippen molar-refractivity contribution in [2.45, 2.75) is 119 Å². The third-order valence-corrected chi connectivity index (χ3v) is 22.4. The fraction of sp³-hybridized carbons (Fsp3) is 0.310. The molecule has 0 amide bonds. The fourth-order valence-corrected chi connectivity index (χ4v) is 15.8. The quantitative estimate of drug-likeness (QED) is 0.0209. The SMILES string of the molecule is C.C.C.C.C.C.CC(c1ccccc1)(c1ccccc1)c1ccccc1.CSCC(N)C(=O)O.CSCC(Nc1nc2ncccc2o1)C(=O)O.Cl.Cl.Cl.Cl.ClCCl.Clc1nc2ncccc2o1.O=C(O)[C@@H]1CSC(Cc2ncccc2O)=N1.O=C(O)[C@@H]1CSC(Cc2ncccc2O)=N1.O=C(O)[C@H]1CSC(Cc2ncccc2O)=N1.O=C(O)[C@H]1CSC(Cc2ncccc2O)=N1. The molecule has 0 fully saturated rings. The van der Waals surface area contributed by atoms with Gasteiger partial charge < -0.3 is 71.0 Å². The summed E-state index contributed by atoms with van der Waals surface area (Å²) in [7, 11) is 0. The standard InChI is InChI=1S/C20H18.C10H11N3O3S.4C10H10N2O3S.C6H3ClN2O.C4H9NO2S.CH2Cl2.6CH4.4ClH/c1-20(17-11-5-2-6-12-17,18-13-7-3-8-14-18)19-15-9-4-10-16-19;1-17-5-6(9(14)15)12-10-13-8-7(16-10)3-2-4-11-8;4*13-8-2-1-3-11-6(8)4-9-12-7(5-16-9)10(14)15;7-6-9-5-4(10-6)2-1-3-8-5;1-8-2-3(5)4(6)7;2-1-3;;;;;;;;;;/h2-16H,1H3;2-4,6H,5H2,1H3,(H,14,15)(H,11,12,13);4*1-3,7,13H,4-5H2,(H,14,15);1-3H;3H,2,5H2,1H3,(H,6,7);1H2;6*1H4;4*1H/t;;4*7-;;;;;;;;;;;;;/m..1100............./s1. The van der Waals surface area contributed by atoms with E-state index >= 15 is 0 Å². The molecule has 11 aromatic rings. The third-order valence-electron chi connectivity index (χ3n) is 16.7. The van der Waals surface area contributed by atoms with Crippen molar-refractivity contribution in [2.24, 2.45) is 25.7 Å². The van der Waals surface area contributed by atoms with Crippen LogP contribution in [-0.2, 0) is 59.9 Å². The lowest BCUT2D eigenvalue weighted by atomic mass is 9.71. The number of carbonyl (C=O) groups is 6. The number of hydrogen-bond acceptors (Lipinski definition) is 32. The first-order valence-corrected chi connectivity index (χ1v) is 44.4. The number of nitrogens with one attached hydrogen (secondary N) is 1. The summed E-state index contributed by atoms with van der Waals surface area (Å²) in [6, 6.07) is 48.0. The van der Waals surface area contributed by atoms with Gasteiger partial charge in [-0.05, 0) is 121 Å². The summed E-state index contributed by atoms with van der Waals surface area (Å²) in [5.74, 6) is -2.30. The molecule has 4 aliphatic rings. The summed E-state index contributed by atoms with van der Waals surface area (Å²) >= 11 is 23.5. The van der Waals surface area contributed by atoms with Gasteiger partial charge in [-0.15, -0.1) is 120 Å². The fourth-order valence-electron chi connectivity index (χ4n) is 10.6. The largest absolute Gasteiger partial charge is 0.506 e. The predicted octanol–water partition coefficient (Wildman–Crippen LogP) is 18.8. The number of aromatic hydroxyl groups is 4. The van der Waals surface area contributed by atoms with Crippen LogP contribution in [0.25, 0.3) is 22.5 Å².